The van der Waals surface area contributed by atoms with Gasteiger partial charge in [-0.3, -0.25) is 0 Å². The van der Waals surface area contributed by atoms with Crippen LogP contribution in [0.25, 0.3) is 0 Å². The van der Waals surface area contributed by atoms with Gasteiger partial charge in [0, 0.05) is 0 Å². The first kappa shape index (κ1) is 11.9. The van der Waals surface area contributed by atoms with Crippen LogP contribution in [-0.4, -0.2) is 23.6 Å². The van der Waals surface area contributed by atoms with Gasteiger partial charge in [0.2, 0.25) is 0 Å². The Balaban J connectivity index is 4.89. The number of halogens is 7. The van der Waals surface area contributed by atoms with E-state index in [-0.39, 0.29) is 0 Å². The van der Waals surface area contributed by atoms with Crippen LogP contribution in [0, 0.1) is 0 Å². The average Bonchev–Trinajstić information content (AvgIpc) is 1.82. The van der Waals surface area contributed by atoms with E-state index in [2.05, 4.69) is 11.6 Å². The van der Waals surface area contributed by atoms with Crippen LogP contribution in [0.3, 0.4) is 0 Å². The van der Waals surface area contributed by atoms with E-state index in [0.29, 0.717) is 6.92 Å². The molecule has 2 unspecified atom stereocenters. The zero-order chi connectivity index (χ0) is 10.2. The largest absolute Gasteiger partial charge is 0.429 e. The van der Waals surface area contributed by atoms with E-state index in [9.17, 15) is 26.3 Å². The fourth-order valence-electron chi connectivity index (χ4n) is 0.523. The second-order valence-corrected chi connectivity index (χ2v) is 2.84. The molecule has 74 valence electrons. The minimum atomic E-state index is -5.65. The van der Waals surface area contributed by atoms with Crippen molar-refractivity contribution in [2.45, 2.75) is 30.6 Å². The van der Waals surface area contributed by atoms with Crippen LogP contribution < -0.4 is 0 Å². The summed E-state index contributed by atoms with van der Waals surface area (Å²) in [5.74, 6) is 0. The van der Waals surface area contributed by atoms with Crippen molar-refractivity contribution in [2.24, 2.45) is 0 Å². The van der Waals surface area contributed by atoms with Gasteiger partial charge >= 0.3 is 6.18 Å². The van der Waals surface area contributed by atoms with Gasteiger partial charge in [0.05, 0.1) is 5.38 Å². The van der Waals surface area contributed by atoms with Gasteiger partial charge in [-0.15, -0.1) is 11.6 Å². The van der Waals surface area contributed by atoms with E-state index < -0.39 is 23.6 Å². The van der Waals surface area contributed by atoms with Crippen LogP contribution in [0.15, 0.2) is 0 Å². The molecule has 0 rings (SSSR count). The normalized spacial score (nSPS) is 20.8. The highest BCUT2D eigenvalue weighted by Crippen LogP contribution is 2.43. The molecule has 0 aromatic carbocycles. The predicted molar refractivity (Wildman–Crippen MR) is 31.2 cm³/mol. The Kier molecular flexibility index (Phi) is 3.28. The first-order chi connectivity index (χ1) is 5.14. The van der Waals surface area contributed by atoms with Crippen molar-refractivity contribution in [1.82, 2.24) is 0 Å². The molecule has 0 nitrogen and oxygen atoms in total. The molecule has 0 N–H and O–H groups in total. The topological polar surface area (TPSA) is 0 Å². The molecular formula is C5H5ClF6. The fraction of sp³-hybridized carbons (Fsp3) is 1.00. The van der Waals surface area contributed by atoms with E-state index in [1.54, 1.807) is 0 Å². The van der Waals surface area contributed by atoms with Gasteiger partial charge in [-0.05, 0) is 6.92 Å². The third kappa shape index (κ3) is 1.78. The molecule has 0 bridgehead atoms. The third-order valence-corrected chi connectivity index (χ3v) is 1.65. The zero-order valence-electron chi connectivity index (χ0n) is 5.80. The summed E-state index contributed by atoms with van der Waals surface area (Å²) in [5, 5.41) is -2.32. The Morgan fingerprint density at radius 2 is 1.42 bits per heavy atom. The van der Waals surface area contributed by atoms with Gasteiger partial charge in [0.1, 0.15) is 0 Å². The Morgan fingerprint density at radius 1 is 1.08 bits per heavy atom. The van der Waals surface area contributed by atoms with E-state index in [1.165, 1.54) is 0 Å². The number of alkyl halides is 7. The van der Waals surface area contributed by atoms with Gasteiger partial charge in [0.25, 0.3) is 12.1 Å². The molecule has 0 aliphatic rings. The van der Waals surface area contributed by atoms with Gasteiger partial charge in [-0.2, -0.15) is 13.2 Å². The van der Waals surface area contributed by atoms with Crippen molar-refractivity contribution in [3.8, 4) is 0 Å². The van der Waals surface area contributed by atoms with Crippen molar-refractivity contribution in [3.63, 3.8) is 0 Å². The summed E-state index contributed by atoms with van der Waals surface area (Å²) in [6.07, 6.45) is -9.83. The lowest BCUT2D eigenvalue weighted by molar-refractivity contribution is -0.266. The fourth-order valence-corrected chi connectivity index (χ4v) is 0.742. The Bertz CT molecular complexity index is 143. The van der Waals surface area contributed by atoms with Crippen molar-refractivity contribution < 1.29 is 26.3 Å². The highest BCUT2D eigenvalue weighted by atomic mass is 35.5. The summed E-state index contributed by atoms with van der Waals surface area (Å²) in [7, 11) is 0. The smallest absolute Gasteiger partial charge is 0.226 e. The summed E-state index contributed by atoms with van der Waals surface area (Å²) in [4.78, 5) is 0. The second kappa shape index (κ2) is 3.32. The molecule has 2 atom stereocenters. The van der Waals surface area contributed by atoms with Gasteiger partial charge < -0.3 is 0 Å². The molecule has 0 fully saturated rings. The van der Waals surface area contributed by atoms with Gasteiger partial charge in [0.15, 0.2) is 0 Å². The van der Waals surface area contributed by atoms with E-state index in [4.69, 9.17) is 0 Å². The molecule has 0 aromatic rings. The van der Waals surface area contributed by atoms with Crippen LogP contribution in [-0.2, 0) is 0 Å². The lowest BCUT2D eigenvalue weighted by atomic mass is 10.0. The van der Waals surface area contributed by atoms with E-state index in [0.717, 1.165) is 0 Å². The maximum atomic E-state index is 12.5. The van der Waals surface area contributed by atoms with Crippen LogP contribution >= 0.6 is 11.6 Å². The number of hydrogen-bond donors (Lipinski definition) is 0. The quantitative estimate of drug-likeness (QED) is 0.489. The monoisotopic (exact) mass is 214 g/mol. The number of hydrogen-bond acceptors (Lipinski definition) is 0. The average molecular weight is 215 g/mol. The third-order valence-electron chi connectivity index (χ3n) is 1.33. The molecule has 0 aromatic heterocycles. The maximum absolute atomic E-state index is 12.5. The Labute approximate surface area is 69.5 Å². The SMILES string of the molecule is CC(Cl)C(F)(C(F)F)C(F)(F)F. The molecule has 12 heavy (non-hydrogen) atoms. The lowest BCUT2D eigenvalue weighted by Crippen LogP contribution is -2.53. The molecule has 0 radical (unpaired) electrons. The minimum Gasteiger partial charge on any atom is -0.226 e. The minimum absolute atomic E-state index is 0.529. The predicted octanol–water partition coefficient (Wildman–Crippen LogP) is 3.15. The lowest BCUT2D eigenvalue weighted by Gasteiger charge is -2.28. The van der Waals surface area contributed by atoms with Crippen LogP contribution in [0.2, 0.25) is 0 Å². The summed E-state index contributed by atoms with van der Waals surface area (Å²) >= 11 is 4.69. The molecule has 0 heterocycles. The second-order valence-electron chi connectivity index (χ2n) is 2.18. The van der Waals surface area contributed by atoms with Crippen LogP contribution in [0.4, 0.5) is 26.3 Å². The zero-order valence-corrected chi connectivity index (χ0v) is 6.56. The van der Waals surface area contributed by atoms with Crippen molar-refractivity contribution in [2.75, 3.05) is 0 Å². The number of rotatable bonds is 2. The first-order valence-electron chi connectivity index (χ1n) is 2.82. The van der Waals surface area contributed by atoms with Crippen molar-refractivity contribution >= 4 is 11.6 Å². The summed E-state index contributed by atoms with van der Waals surface area (Å²) in [5.41, 5.74) is -4.63. The Hall–Kier alpha value is -0.130. The standard InChI is InChI=1S/C5H5ClF6/c1-2(6)4(9,3(7)8)5(10,11)12/h2-3H,1H3. The van der Waals surface area contributed by atoms with Gasteiger partial charge in [-0.1, -0.05) is 0 Å². The molecule has 7 heteroatoms. The van der Waals surface area contributed by atoms with Crippen LogP contribution in [0.5, 0.6) is 0 Å². The van der Waals surface area contributed by atoms with E-state index in [1.807, 2.05) is 0 Å². The molecule has 0 amide bonds. The van der Waals surface area contributed by atoms with Crippen molar-refractivity contribution in [1.29, 1.82) is 0 Å². The molecule has 0 spiro atoms. The molecular weight excluding hydrogens is 209 g/mol. The summed E-state index contributed by atoms with van der Waals surface area (Å²) < 4.78 is 70.8. The Morgan fingerprint density at radius 3 is 1.42 bits per heavy atom. The van der Waals surface area contributed by atoms with Crippen LogP contribution in [0.1, 0.15) is 6.92 Å². The highest BCUT2D eigenvalue weighted by Gasteiger charge is 2.65. The van der Waals surface area contributed by atoms with Gasteiger partial charge in [-0.25, -0.2) is 13.2 Å². The first-order valence-corrected chi connectivity index (χ1v) is 3.25. The maximum Gasteiger partial charge on any atom is 0.429 e. The molecule has 0 saturated heterocycles. The van der Waals surface area contributed by atoms with E-state index >= 15 is 0 Å². The van der Waals surface area contributed by atoms with Crippen molar-refractivity contribution in [3.05, 3.63) is 0 Å². The summed E-state index contributed by atoms with van der Waals surface area (Å²) in [6.45, 7) is 0.529. The highest BCUT2D eigenvalue weighted by molar-refractivity contribution is 6.21. The molecule has 0 aliphatic carbocycles. The molecule has 0 saturated carbocycles. The molecule has 0 aliphatic heterocycles. The summed E-state index contributed by atoms with van der Waals surface area (Å²) in [6, 6.07) is 0.